The summed E-state index contributed by atoms with van der Waals surface area (Å²) < 4.78 is 0. The Bertz CT molecular complexity index is 392. The molecule has 0 aliphatic carbocycles. The largest absolute Gasteiger partial charge is 0.394 e. The molecule has 1 N–H and O–H groups in total. The molecule has 5 heteroatoms. The minimum atomic E-state index is -0.0218. The van der Waals surface area contributed by atoms with Gasteiger partial charge in [-0.1, -0.05) is 12.8 Å². The van der Waals surface area contributed by atoms with Crippen LogP contribution in [-0.2, 0) is 0 Å². The van der Waals surface area contributed by atoms with E-state index in [2.05, 4.69) is 4.98 Å². The first-order chi connectivity index (χ1) is 8.24. The highest BCUT2D eigenvalue weighted by atomic mass is 32.1. The molecule has 0 saturated carbocycles. The summed E-state index contributed by atoms with van der Waals surface area (Å²) in [5.74, 6) is 0.0333. The van der Waals surface area contributed by atoms with E-state index >= 15 is 0 Å². The van der Waals surface area contributed by atoms with E-state index in [1.54, 1.807) is 5.51 Å². The van der Waals surface area contributed by atoms with Crippen molar-refractivity contribution in [2.75, 3.05) is 13.2 Å². The number of carbonyl (C=O) groups excluding carboxylic acids is 1. The Morgan fingerprint density at radius 3 is 3.06 bits per heavy atom. The Labute approximate surface area is 105 Å². The minimum Gasteiger partial charge on any atom is -0.394 e. The monoisotopic (exact) mass is 254 g/mol. The number of likely N-dealkylation sites (tertiary alicyclic amines) is 1. The zero-order chi connectivity index (χ0) is 12.3. The van der Waals surface area contributed by atoms with Crippen molar-refractivity contribution >= 4 is 17.2 Å². The molecule has 1 aromatic heterocycles. The van der Waals surface area contributed by atoms with Crippen molar-refractivity contribution in [2.24, 2.45) is 0 Å². The van der Waals surface area contributed by atoms with Gasteiger partial charge in [0, 0.05) is 6.54 Å². The SMILES string of the molecule is Cc1ncsc1C(=O)N1CCCCCC1CO. The summed E-state index contributed by atoms with van der Waals surface area (Å²) in [5.41, 5.74) is 2.50. The van der Waals surface area contributed by atoms with Crippen LogP contribution in [0.4, 0.5) is 0 Å². The topological polar surface area (TPSA) is 53.4 Å². The molecule has 1 atom stereocenters. The third-order valence-electron chi connectivity index (χ3n) is 3.29. The van der Waals surface area contributed by atoms with Crippen molar-refractivity contribution in [3.8, 4) is 0 Å². The first-order valence-corrected chi connectivity index (χ1v) is 6.94. The summed E-state index contributed by atoms with van der Waals surface area (Å²) in [6, 6.07) is -0.0218. The average molecular weight is 254 g/mol. The van der Waals surface area contributed by atoms with E-state index in [1.165, 1.54) is 11.3 Å². The molecular formula is C12H18N2O2S. The van der Waals surface area contributed by atoms with Crippen LogP contribution < -0.4 is 0 Å². The lowest BCUT2D eigenvalue weighted by molar-refractivity contribution is 0.0603. The van der Waals surface area contributed by atoms with Gasteiger partial charge in [-0.3, -0.25) is 4.79 Å². The number of aromatic nitrogens is 1. The zero-order valence-electron chi connectivity index (χ0n) is 10.1. The lowest BCUT2D eigenvalue weighted by Crippen LogP contribution is -2.42. The predicted octanol–water partition coefficient (Wildman–Crippen LogP) is 1.83. The smallest absolute Gasteiger partial charge is 0.266 e. The second-order valence-electron chi connectivity index (χ2n) is 4.45. The van der Waals surface area contributed by atoms with E-state index in [9.17, 15) is 9.90 Å². The number of rotatable bonds is 2. The maximum Gasteiger partial charge on any atom is 0.266 e. The van der Waals surface area contributed by atoms with Gasteiger partial charge in [-0.25, -0.2) is 4.98 Å². The maximum absolute atomic E-state index is 12.4. The summed E-state index contributed by atoms with van der Waals surface area (Å²) in [6.45, 7) is 2.67. The van der Waals surface area contributed by atoms with Crippen LogP contribution in [0, 0.1) is 6.92 Å². The fourth-order valence-electron chi connectivity index (χ4n) is 2.27. The summed E-state index contributed by atoms with van der Waals surface area (Å²) in [4.78, 5) is 19.0. The first-order valence-electron chi connectivity index (χ1n) is 6.06. The lowest BCUT2D eigenvalue weighted by Gasteiger charge is -2.28. The predicted molar refractivity (Wildman–Crippen MR) is 67.2 cm³/mol. The number of amides is 1. The van der Waals surface area contributed by atoms with Crippen LogP contribution in [-0.4, -0.2) is 40.1 Å². The molecule has 1 saturated heterocycles. The van der Waals surface area contributed by atoms with Gasteiger partial charge in [-0.15, -0.1) is 11.3 Å². The highest BCUT2D eigenvalue weighted by Gasteiger charge is 2.27. The summed E-state index contributed by atoms with van der Waals surface area (Å²) in [5, 5.41) is 9.40. The minimum absolute atomic E-state index is 0.0218. The molecule has 1 aliphatic rings. The molecule has 0 bridgehead atoms. The average Bonchev–Trinajstić information content (AvgIpc) is 2.64. The van der Waals surface area contributed by atoms with E-state index < -0.39 is 0 Å². The van der Waals surface area contributed by atoms with Gasteiger partial charge >= 0.3 is 0 Å². The molecule has 0 spiro atoms. The molecule has 17 heavy (non-hydrogen) atoms. The Kier molecular flexibility index (Phi) is 4.12. The van der Waals surface area contributed by atoms with Crippen LogP contribution >= 0.6 is 11.3 Å². The van der Waals surface area contributed by atoms with Gasteiger partial charge in [-0.05, 0) is 19.8 Å². The molecule has 0 radical (unpaired) electrons. The highest BCUT2D eigenvalue weighted by Crippen LogP contribution is 2.22. The number of aliphatic hydroxyl groups excluding tert-OH is 1. The second-order valence-corrected chi connectivity index (χ2v) is 5.31. The van der Waals surface area contributed by atoms with Gasteiger partial charge in [0.2, 0.25) is 0 Å². The first kappa shape index (κ1) is 12.5. The Morgan fingerprint density at radius 2 is 2.41 bits per heavy atom. The molecule has 1 aliphatic heterocycles. The molecule has 0 aromatic carbocycles. The summed E-state index contributed by atoms with van der Waals surface area (Å²) in [7, 11) is 0. The fraction of sp³-hybridized carbons (Fsp3) is 0.667. The Morgan fingerprint density at radius 1 is 1.59 bits per heavy atom. The van der Waals surface area contributed by atoms with Crippen LogP contribution in [0.5, 0.6) is 0 Å². The maximum atomic E-state index is 12.4. The third kappa shape index (κ3) is 2.66. The summed E-state index contributed by atoms with van der Waals surface area (Å²) >= 11 is 1.39. The number of aliphatic hydroxyl groups is 1. The van der Waals surface area contributed by atoms with E-state index in [-0.39, 0.29) is 18.6 Å². The van der Waals surface area contributed by atoms with E-state index in [0.29, 0.717) is 4.88 Å². The number of carbonyl (C=O) groups is 1. The van der Waals surface area contributed by atoms with Crippen LogP contribution in [0.3, 0.4) is 0 Å². The van der Waals surface area contributed by atoms with Gasteiger partial charge in [-0.2, -0.15) is 0 Å². The molecule has 1 aromatic rings. The van der Waals surface area contributed by atoms with Crippen molar-refractivity contribution < 1.29 is 9.90 Å². The Balaban J connectivity index is 2.18. The molecule has 2 heterocycles. The number of nitrogens with zero attached hydrogens (tertiary/aromatic N) is 2. The number of aryl methyl sites for hydroxylation is 1. The number of hydrogen-bond donors (Lipinski definition) is 1. The second kappa shape index (κ2) is 5.60. The molecular weight excluding hydrogens is 236 g/mol. The van der Waals surface area contributed by atoms with Gasteiger partial charge in [0.15, 0.2) is 0 Å². The zero-order valence-corrected chi connectivity index (χ0v) is 10.9. The molecule has 2 rings (SSSR count). The van der Waals surface area contributed by atoms with Crippen LogP contribution in [0.15, 0.2) is 5.51 Å². The van der Waals surface area contributed by atoms with E-state index in [1.807, 2.05) is 11.8 Å². The van der Waals surface area contributed by atoms with Gasteiger partial charge in [0.25, 0.3) is 5.91 Å². The van der Waals surface area contributed by atoms with Crippen molar-refractivity contribution in [2.45, 2.75) is 38.6 Å². The van der Waals surface area contributed by atoms with Gasteiger partial charge in [0.05, 0.1) is 23.9 Å². The Hall–Kier alpha value is -0.940. The number of hydrogen-bond acceptors (Lipinski definition) is 4. The van der Waals surface area contributed by atoms with Gasteiger partial charge < -0.3 is 10.0 Å². The van der Waals surface area contributed by atoms with Crippen molar-refractivity contribution in [1.82, 2.24) is 9.88 Å². The van der Waals surface area contributed by atoms with E-state index in [4.69, 9.17) is 0 Å². The molecule has 94 valence electrons. The lowest BCUT2D eigenvalue weighted by atomic mass is 10.1. The van der Waals surface area contributed by atoms with Crippen molar-refractivity contribution in [3.05, 3.63) is 16.1 Å². The summed E-state index contributed by atoms with van der Waals surface area (Å²) in [6.07, 6.45) is 4.17. The molecule has 1 amide bonds. The van der Waals surface area contributed by atoms with Crippen molar-refractivity contribution in [1.29, 1.82) is 0 Å². The van der Waals surface area contributed by atoms with Crippen LogP contribution in [0.25, 0.3) is 0 Å². The fourth-order valence-corrected chi connectivity index (χ4v) is 3.03. The molecule has 4 nitrogen and oxygen atoms in total. The molecule has 1 unspecified atom stereocenters. The van der Waals surface area contributed by atoms with Crippen LogP contribution in [0.2, 0.25) is 0 Å². The highest BCUT2D eigenvalue weighted by molar-refractivity contribution is 7.11. The normalized spacial score (nSPS) is 21.3. The van der Waals surface area contributed by atoms with Crippen LogP contribution in [0.1, 0.15) is 41.0 Å². The third-order valence-corrected chi connectivity index (χ3v) is 4.21. The number of thiazole rings is 1. The molecule has 1 fully saturated rings. The quantitative estimate of drug-likeness (QED) is 0.876. The van der Waals surface area contributed by atoms with Gasteiger partial charge in [0.1, 0.15) is 4.88 Å². The van der Waals surface area contributed by atoms with E-state index in [0.717, 1.165) is 37.9 Å². The van der Waals surface area contributed by atoms with Crippen molar-refractivity contribution in [3.63, 3.8) is 0 Å². The standard InChI is InChI=1S/C12H18N2O2S/c1-9-11(17-8-13-9)12(16)14-6-4-2-3-5-10(14)7-15/h8,10,15H,2-7H2,1H3.